The molecule has 0 fully saturated rings. The Morgan fingerprint density at radius 3 is 2.21 bits per heavy atom. The SMILES string of the molecule is Cc1ccc(C2=CC(COCc3ccccc3)CC(OCc3ccccc3)C2)cc1Cc1ccc(-c2ccc(F)cc2)s1. The lowest BCUT2D eigenvalue weighted by atomic mass is 9.84. The molecule has 5 aromatic rings. The molecule has 0 amide bonds. The first-order valence-electron chi connectivity index (χ1n) is 15.0. The van der Waals surface area contributed by atoms with Crippen LogP contribution in [0.25, 0.3) is 16.0 Å². The second-order valence-electron chi connectivity index (χ2n) is 11.4. The first kappa shape index (κ1) is 29.3. The van der Waals surface area contributed by atoms with Crippen LogP contribution in [-0.2, 0) is 29.1 Å². The fourth-order valence-electron chi connectivity index (χ4n) is 5.73. The first-order chi connectivity index (χ1) is 21.1. The largest absolute Gasteiger partial charge is 0.376 e. The van der Waals surface area contributed by atoms with Crippen LogP contribution in [0.3, 0.4) is 0 Å². The van der Waals surface area contributed by atoms with Gasteiger partial charge in [0.05, 0.1) is 25.9 Å². The first-order valence-corrected chi connectivity index (χ1v) is 15.8. The number of benzene rings is 4. The lowest BCUT2D eigenvalue weighted by Gasteiger charge is -2.29. The van der Waals surface area contributed by atoms with E-state index in [1.54, 1.807) is 11.3 Å². The zero-order valence-electron chi connectivity index (χ0n) is 24.5. The molecule has 218 valence electrons. The number of hydrogen-bond acceptors (Lipinski definition) is 3. The Morgan fingerprint density at radius 1 is 0.767 bits per heavy atom. The van der Waals surface area contributed by atoms with Gasteiger partial charge in [-0.2, -0.15) is 0 Å². The summed E-state index contributed by atoms with van der Waals surface area (Å²) < 4.78 is 26.1. The maximum absolute atomic E-state index is 13.4. The monoisotopic (exact) mass is 588 g/mol. The molecule has 6 rings (SSSR count). The molecule has 0 aliphatic heterocycles. The van der Waals surface area contributed by atoms with E-state index in [0.717, 1.165) is 29.7 Å². The van der Waals surface area contributed by atoms with Crippen LogP contribution < -0.4 is 0 Å². The van der Waals surface area contributed by atoms with E-state index in [2.05, 4.69) is 91.9 Å². The van der Waals surface area contributed by atoms with Gasteiger partial charge in [-0.15, -0.1) is 11.3 Å². The van der Waals surface area contributed by atoms with Crippen LogP contribution in [0.5, 0.6) is 0 Å². The van der Waals surface area contributed by atoms with Crippen molar-refractivity contribution < 1.29 is 13.9 Å². The van der Waals surface area contributed by atoms with E-state index >= 15 is 0 Å². The summed E-state index contributed by atoms with van der Waals surface area (Å²) in [6, 6.07) is 38.7. The predicted octanol–water partition coefficient (Wildman–Crippen LogP) is 10.0. The lowest BCUT2D eigenvalue weighted by molar-refractivity contribution is 0.0130. The molecule has 0 N–H and O–H groups in total. The van der Waals surface area contributed by atoms with Gasteiger partial charge in [0.15, 0.2) is 0 Å². The Bertz CT molecular complexity index is 1640. The van der Waals surface area contributed by atoms with Gasteiger partial charge in [-0.3, -0.25) is 0 Å². The molecule has 1 heterocycles. The Balaban J connectivity index is 1.19. The molecule has 2 unspecified atom stereocenters. The van der Waals surface area contributed by atoms with E-state index in [9.17, 15) is 4.39 Å². The summed E-state index contributed by atoms with van der Waals surface area (Å²) in [4.78, 5) is 2.46. The van der Waals surface area contributed by atoms with Crippen molar-refractivity contribution in [3.05, 3.63) is 160 Å². The van der Waals surface area contributed by atoms with Gasteiger partial charge >= 0.3 is 0 Å². The van der Waals surface area contributed by atoms with Crippen molar-refractivity contribution in [2.45, 2.75) is 45.5 Å². The quantitative estimate of drug-likeness (QED) is 0.153. The maximum atomic E-state index is 13.4. The van der Waals surface area contributed by atoms with Gasteiger partial charge in [0.2, 0.25) is 0 Å². The fourth-order valence-corrected chi connectivity index (χ4v) is 6.76. The van der Waals surface area contributed by atoms with Gasteiger partial charge in [0, 0.05) is 22.1 Å². The highest BCUT2D eigenvalue weighted by atomic mass is 32.1. The number of rotatable bonds is 11. The summed E-state index contributed by atoms with van der Waals surface area (Å²) in [5.41, 5.74) is 8.65. The van der Waals surface area contributed by atoms with Crippen molar-refractivity contribution in [1.29, 1.82) is 0 Å². The number of halogens is 1. The third-order valence-electron chi connectivity index (χ3n) is 8.10. The number of thiophene rings is 1. The predicted molar refractivity (Wildman–Crippen MR) is 176 cm³/mol. The van der Waals surface area contributed by atoms with Crippen molar-refractivity contribution in [3.63, 3.8) is 0 Å². The Kier molecular flexibility index (Phi) is 9.59. The van der Waals surface area contributed by atoms with E-state index in [-0.39, 0.29) is 17.8 Å². The molecule has 4 heteroatoms. The highest BCUT2D eigenvalue weighted by Crippen LogP contribution is 2.35. The maximum Gasteiger partial charge on any atom is 0.123 e. The van der Waals surface area contributed by atoms with Crippen LogP contribution in [0.2, 0.25) is 0 Å². The standard InChI is InChI=1S/C39H37FO2S/c1-28-12-13-33(22-34(28)24-38-18-19-39(43-38)32-14-16-36(40)17-15-32)35-20-31(26-41-25-29-8-4-2-5-9-29)21-37(23-35)42-27-30-10-6-3-7-11-30/h2-20,22,31,37H,21,23-27H2,1H3. The third-order valence-corrected chi connectivity index (χ3v) is 9.23. The van der Waals surface area contributed by atoms with Crippen LogP contribution in [0, 0.1) is 18.7 Å². The topological polar surface area (TPSA) is 18.5 Å². The highest BCUT2D eigenvalue weighted by molar-refractivity contribution is 7.15. The Labute approximate surface area is 258 Å². The summed E-state index contributed by atoms with van der Waals surface area (Å²) in [5.74, 6) is 0.0799. The Morgan fingerprint density at radius 2 is 1.47 bits per heavy atom. The average Bonchev–Trinajstić information content (AvgIpc) is 3.51. The molecule has 4 aromatic carbocycles. The van der Waals surface area contributed by atoms with Gasteiger partial charge in [-0.25, -0.2) is 4.39 Å². The molecule has 2 atom stereocenters. The van der Waals surface area contributed by atoms with Crippen molar-refractivity contribution in [3.8, 4) is 10.4 Å². The van der Waals surface area contributed by atoms with Crippen molar-refractivity contribution in [1.82, 2.24) is 0 Å². The summed E-state index contributed by atoms with van der Waals surface area (Å²) >= 11 is 1.78. The molecule has 0 radical (unpaired) electrons. The van der Waals surface area contributed by atoms with Crippen LogP contribution in [0.1, 0.15) is 45.5 Å². The van der Waals surface area contributed by atoms with Crippen LogP contribution in [-0.4, -0.2) is 12.7 Å². The van der Waals surface area contributed by atoms with Gasteiger partial charge in [0.1, 0.15) is 5.82 Å². The summed E-state index contributed by atoms with van der Waals surface area (Å²) in [7, 11) is 0. The molecular formula is C39H37FO2S. The fraction of sp³-hybridized carbons (Fsp3) is 0.231. The number of aryl methyl sites for hydroxylation is 1. The minimum absolute atomic E-state index is 0.130. The normalized spacial score (nSPS) is 16.7. The molecular weight excluding hydrogens is 551 g/mol. The molecule has 0 spiro atoms. The number of hydrogen-bond donors (Lipinski definition) is 0. The third kappa shape index (κ3) is 7.97. The minimum Gasteiger partial charge on any atom is -0.376 e. The zero-order chi connectivity index (χ0) is 29.4. The molecule has 0 bridgehead atoms. The van der Waals surface area contributed by atoms with Gasteiger partial charge in [-0.1, -0.05) is 97.1 Å². The van der Waals surface area contributed by atoms with Crippen molar-refractivity contribution in [2.24, 2.45) is 5.92 Å². The van der Waals surface area contributed by atoms with Crippen molar-refractivity contribution >= 4 is 16.9 Å². The highest BCUT2D eigenvalue weighted by Gasteiger charge is 2.25. The van der Waals surface area contributed by atoms with Gasteiger partial charge < -0.3 is 9.47 Å². The summed E-state index contributed by atoms with van der Waals surface area (Å²) in [6.07, 6.45) is 5.25. The van der Waals surface area contributed by atoms with Crippen LogP contribution in [0.15, 0.2) is 121 Å². The molecule has 1 aliphatic rings. The van der Waals surface area contributed by atoms with E-state index in [0.29, 0.717) is 19.8 Å². The second kappa shape index (κ2) is 14.1. The Hall–Kier alpha value is -3.83. The molecule has 43 heavy (non-hydrogen) atoms. The molecule has 1 aromatic heterocycles. The van der Waals surface area contributed by atoms with Gasteiger partial charge in [0.25, 0.3) is 0 Å². The molecule has 1 aliphatic carbocycles. The van der Waals surface area contributed by atoms with Crippen molar-refractivity contribution in [2.75, 3.05) is 6.61 Å². The van der Waals surface area contributed by atoms with E-state index in [1.807, 2.05) is 24.3 Å². The van der Waals surface area contributed by atoms with Crippen LogP contribution >= 0.6 is 11.3 Å². The second-order valence-corrected chi connectivity index (χ2v) is 12.6. The van der Waals surface area contributed by atoms with Gasteiger partial charge in [-0.05, 0) is 83.0 Å². The number of ether oxygens (including phenoxy) is 2. The zero-order valence-corrected chi connectivity index (χ0v) is 25.4. The van der Waals surface area contributed by atoms with Crippen LogP contribution in [0.4, 0.5) is 4.39 Å². The smallest absolute Gasteiger partial charge is 0.123 e. The molecule has 0 saturated carbocycles. The summed E-state index contributed by atoms with van der Waals surface area (Å²) in [5, 5.41) is 0. The lowest BCUT2D eigenvalue weighted by Crippen LogP contribution is -2.24. The minimum atomic E-state index is -0.206. The molecule has 0 saturated heterocycles. The van der Waals surface area contributed by atoms with E-state index < -0.39 is 0 Å². The van der Waals surface area contributed by atoms with E-state index in [4.69, 9.17) is 9.47 Å². The summed E-state index contributed by atoms with van der Waals surface area (Å²) in [6.45, 7) is 4.09. The van der Waals surface area contributed by atoms with E-state index in [1.165, 1.54) is 50.4 Å². The average molecular weight is 589 g/mol. The molecule has 2 nitrogen and oxygen atoms in total.